The van der Waals surface area contributed by atoms with Crippen molar-refractivity contribution in [1.29, 1.82) is 0 Å². The number of hydrogen-bond donors (Lipinski definition) is 0. The molecule has 0 atom stereocenters. The number of methoxy groups -OCH3 is 1. The van der Waals surface area contributed by atoms with E-state index in [1.165, 1.54) is 0 Å². The Morgan fingerprint density at radius 3 is 1.96 bits per heavy atom. The lowest BCUT2D eigenvalue weighted by atomic mass is 9.91. The highest BCUT2D eigenvalue weighted by molar-refractivity contribution is 6.46. The fourth-order valence-corrected chi connectivity index (χ4v) is 2.51. The number of nitrogens with zero attached hydrogens (tertiary/aromatic N) is 1. The van der Waals surface area contributed by atoms with Gasteiger partial charge in [-0.05, 0) is 17.6 Å². The van der Waals surface area contributed by atoms with Crippen LogP contribution in [-0.4, -0.2) is 20.4 Å². The van der Waals surface area contributed by atoms with Gasteiger partial charge in [0.25, 0.3) is 0 Å². The molecular weight excluding hydrogens is 300 g/mol. The average Bonchev–Trinajstić information content (AvgIpc) is 2.67. The molecule has 2 nitrogen and oxygen atoms in total. The van der Waals surface area contributed by atoms with Gasteiger partial charge < -0.3 is 9.05 Å². The van der Waals surface area contributed by atoms with Crippen molar-refractivity contribution in [2.24, 2.45) is 4.99 Å². The molecule has 3 aromatic carbocycles. The van der Waals surface area contributed by atoms with E-state index in [0.29, 0.717) is 16.9 Å². The van der Waals surface area contributed by atoms with Crippen LogP contribution in [0.3, 0.4) is 0 Å². The number of benzene rings is 3. The Balaban J connectivity index is 2.14. The highest BCUT2D eigenvalue weighted by Crippen LogP contribution is 2.27. The molecule has 0 aliphatic carbocycles. The van der Waals surface area contributed by atoms with E-state index in [0.717, 1.165) is 16.8 Å². The van der Waals surface area contributed by atoms with Crippen LogP contribution < -0.4 is 10.2 Å². The lowest BCUT2D eigenvalue weighted by Gasteiger charge is -2.10. The minimum absolute atomic E-state index is 0.523. The minimum atomic E-state index is -0.523. The van der Waals surface area contributed by atoms with Crippen molar-refractivity contribution in [1.82, 2.24) is 0 Å². The van der Waals surface area contributed by atoms with Gasteiger partial charge in [0.1, 0.15) is 11.4 Å². The lowest BCUT2D eigenvalue weighted by Crippen LogP contribution is -2.09. The van der Waals surface area contributed by atoms with Crippen molar-refractivity contribution >= 4 is 24.4 Å². The third-order valence-electron chi connectivity index (χ3n) is 3.73. The molecule has 0 radical (unpaired) electrons. The van der Waals surface area contributed by atoms with Crippen LogP contribution in [0, 0.1) is 0 Å². The summed E-state index contributed by atoms with van der Waals surface area (Å²) in [6.45, 7) is 0. The fourth-order valence-electron chi connectivity index (χ4n) is 2.51. The molecule has 4 heteroatoms. The van der Waals surface area contributed by atoms with Gasteiger partial charge in [-0.15, -0.1) is 0 Å². The summed E-state index contributed by atoms with van der Waals surface area (Å²) in [4.78, 5) is 4.81. The maximum absolute atomic E-state index is 12.9. The first-order valence-electron chi connectivity index (χ1n) is 7.74. The van der Waals surface area contributed by atoms with E-state index in [9.17, 15) is 4.32 Å². The van der Waals surface area contributed by atoms with Gasteiger partial charge in [-0.1, -0.05) is 66.7 Å². The highest BCUT2D eigenvalue weighted by atomic mass is 19.1. The van der Waals surface area contributed by atoms with Crippen LogP contribution in [0.2, 0.25) is 0 Å². The van der Waals surface area contributed by atoms with E-state index in [-0.39, 0.29) is 0 Å². The van der Waals surface area contributed by atoms with E-state index in [1.54, 1.807) is 25.3 Å². The first kappa shape index (κ1) is 16.0. The maximum Gasteiger partial charge on any atom is 0.364 e. The van der Waals surface area contributed by atoms with E-state index < -0.39 is 7.56 Å². The smallest absolute Gasteiger partial charge is 0.364 e. The molecule has 0 aliphatic rings. The molecule has 0 fully saturated rings. The van der Waals surface area contributed by atoms with Crippen molar-refractivity contribution < 1.29 is 9.05 Å². The lowest BCUT2D eigenvalue weighted by molar-refractivity contribution is 0.416. The second-order valence-electron chi connectivity index (χ2n) is 5.33. The second kappa shape index (κ2) is 7.60. The SMILES string of the molecule is COc1cc(BF)ccc1N=C(c1ccccc1)c1ccccc1. The second-order valence-corrected chi connectivity index (χ2v) is 5.33. The van der Waals surface area contributed by atoms with Gasteiger partial charge in [-0.3, -0.25) is 0 Å². The Morgan fingerprint density at radius 2 is 1.46 bits per heavy atom. The standard InChI is InChI=1S/C20H17BFNO/c1-24-19-14-17(21-22)12-13-18(19)23-20(15-8-4-2-5-9-15)16-10-6-3-7-11-16/h2-14,21H,1H3. The van der Waals surface area contributed by atoms with E-state index in [2.05, 4.69) is 0 Å². The predicted molar refractivity (Wildman–Crippen MR) is 99.1 cm³/mol. The zero-order valence-corrected chi connectivity index (χ0v) is 13.4. The molecule has 0 amide bonds. The van der Waals surface area contributed by atoms with E-state index in [1.807, 2.05) is 60.7 Å². The summed E-state index contributed by atoms with van der Waals surface area (Å²) in [5.41, 5.74) is 4.13. The molecule has 0 aromatic heterocycles. The molecule has 0 spiro atoms. The van der Waals surface area contributed by atoms with Crippen LogP contribution in [0.1, 0.15) is 11.1 Å². The Morgan fingerprint density at radius 1 is 0.875 bits per heavy atom. The molecule has 0 bridgehead atoms. The molecule has 118 valence electrons. The van der Waals surface area contributed by atoms with Crippen molar-refractivity contribution in [2.45, 2.75) is 0 Å². The van der Waals surface area contributed by atoms with Crippen LogP contribution in [0.4, 0.5) is 10.0 Å². The molecule has 3 rings (SSSR count). The fraction of sp³-hybridized carbons (Fsp3) is 0.0500. The van der Waals surface area contributed by atoms with Gasteiger partial charge in [0.15, 0.2) is 0 Å². The van der Waals surface area contributed by atoms with Crippen molar-refractivity contribution in [3.63, 3.8) is 0 Å². The molecule has 0 saturated heterocycles. The van der Waals surface area contributed by atoms with Gasteiger partial charge in [0.2, 0.25) is 0 Å². The summed E-state index contributed by atoms with van der Waals surface area (Å²) in [6, 6.07) is 25.2. The zero-order chi connectivity index (χ0) is 16.8. The average molecular weight is 317 g/mol. The summed E-state index contributed by atoms with van der Waals surface area (Å²) in [5.74, 6) is 0.564. The molecule has 0 heterocycles. The molecule has 0 aliphatic heterocycles. The minimum Gasteiger partial charge on any atom is -0.495 e. The zero-order valence-electron chi connectivity index (χ0n) is 13.4. The number of rotatable bonds is 5. The van der Waals surface area contributed by atoms with E-state index in [4.69, 9.17) is 9.73 Å². The molecule has 24 heavy (non-hydrogen) atoms. The van der Waals surface area contributed by atoms with Crippen molar-refractivity contribution in [3.05, 3.63) is 90.0 Å². The molecule has 3 aromatic rings. The summed E-state index contributed by atoms with van der Waals surface area (Å²) < 4.78 is 18.3. The van der Waals surface area contributed by atoms with Crippen LogP contribution in [0.15, 0.2) is 83.9 Å². The maximum atomic E-state index is 12.9. The van der Waals surface area contributed by atoms with Crippen molar-refractivity contribution in [3.8, 4) is 5.75 Å². The highest BCUT2D eigenvalue weighted by Gasteiger charge is 2.10. The Kier molecular flexibility index (Phi) is 5.07. The van der Waals surface area contributed by atoms with Crippen LogP contribution in [0.5, 0.6) is 5.75 Å². The van der Waals surface area contributed by atoms with Gasteiger partial charge >= 0.3 is 7.56 Å². The molecule has 0 saturated carbocycles. The molecule has 0 N–H and O–H groups in total. The van der Waals surface area contributed by atoms with Crippen LogP contribution in [0.25, 0.3) is 0 Å². The Labute approximate surface area is 141 Å². The largest absolute Gasteiger partial charge is 0.495 e. The topological polar surface area (TPSA) is 21.6 Å². The summed E-state index contributed by atoms with van der Waals surface area (Å²) >= 11 is 0. The number of halogens is 1. The first-order valence-corrected chi connectivity index (χ1v) is 7.74. The van der Waals surface area contributed by atoms with Crippen LogP contribution >= 0.6 is 0 Å². The number of aliphatic imine (C=N–C) groups is 1. The molecule has 0 unspecified atom stereocenters. The normalized spacial score (nSPS) is 10.1. The van der Waals surface area contributed by atoms with Crippen LogP contribution in [-0.2, 0) is 0 Å². The third-order valence-corrected chi connectivity index (χ3v) is 3.73. The van der Waals surface area contributed by atoms with Crippen molar-refractivity contribution in [2.75, 3.05) is 7.11 Å². The monoisotopic (exact) mass is 317 g/mol. The van der Waals surface area contributed by atoms with Gasteiger partial charge in [-0.2, -0.15) is 0 Å². The predicted octanol–water partition coefficient (Wildman–Crippen LogP) is 3.81. The summed E-state index contributed by atoms with van der Waals surface area (Å²) in [7, 11) is 1.05. The number of hydrogen-bond acceptors (Lipinski definition) is 2. The third kappa shape index (κ3) is 3.54. The van der Waals surface area contributed by atoms with Gasteiger partial charge in [0, 0.05) is 11.1 Å². The van der Waals surface area contributed by atoms with Gasteiger partial charge in [-0.25, -0.2) is 4.99 Å². The summed E-state index contributed by atoms with van der Waals surface area (Å²) in [6.07, 6.45) is 0. The quantitative estimate of drug-likeness (QED) is 0.518. The molecular formula is C20H17BFNO. The van der Waals surface area contributed by atoms with E-state index >= 15 is 0 Å². The Bertz CT molecular complexity index is 793. The summed E-state index contributed by atoms with van der Waals surface area (Å²) in [5, 5.41) is 0. The number of ether oxygens (including phenoxy) is 1. The van der Waals surface area contributed by atoms with Gasteiger partial charge in [0.05, 0.1) is 12.8 Å². The Hall–Kier alpha value is -2.88. The first-order chi connectivity index (χ1) is 11.8.